The van der Waals surface area contributed by atoms with Crippen LogP contribution < -0.4 is 10.1 Å². The molecule has 1 aromatic rings. The van der Waals surface area contributed by atoms with Crippen LogP contribution in [0.4, 0.5) is 5.95 Å². The lowest BCUT2D eigenvalue weighted by molar-refractivity contribution is -0.150. The van der Waals surface area contributed by atoms with Crippen LogP contribution >= 0.6 is 0 Å². The Morgan fingerprint density at radius 2 is 2.10 bits per heavy atom. The van der Waals surface area contributed by atoms with Crippen LogP contribution in [-0.4, -0.2) is 46.3 Å². The maximum Gasteiger partial charge on any atom is 0.332 e. The molecule has 0 saturated carbocycles. The minimum absolute atomic E-state index is 0.106. The van der Waals surface area contributed by atoms with E-state index in [2.05, 4.69) is 15.3 Å². The number of amides is 1. The molecular formula is C12H15N3O5. The number of hydrogen-bond acceptors (Lipinski definition) is 6. The van der Waals surface area contributed by atoms with E-state index in [1.807, 2.05) is 0 Å². The highest BCUT2D eigenvalue weighted by Gasteiger charge is 2.35. The lowest BCUT2D eigenvalue weighted by Gasteiger charge is -2.11. The van der Waals surface area contributed by atoms with Gasteiger partial charge in [-0.05, 0) is 19.8 Å². The molecule has 8 nitrogen and oxygen atoms in total. The van der Waals surface area contributed by atoms with Crippen molar-refractivity contribution in [2.45, 2.75) is 32.0 Å². The van der Waals surface area contributed by atoms with Gasteiger partial charge in [0.2, 0.25) is 11.8 Å². The number of carbonyl (C=O) groups excluding carboxylic acids is 1. The average Bonchev–Trinajstić information content (AvgIpc) is 2.87. The van der Waals surface area contributed by atoms with Gasteiger partial charge < -0.3 is 14.6 Å². The number of hydrogen-bond donors (Lipinski definition) is 2. The van der Waals surface area contributed by atoms with Crippen molar-refractivity contribution in [3.63, 3.8) is 0 Å². The normalized spacial score (nSPS) is 21.5. The SMILES string of the molecule is COc1cc(C)nc(NC(=O)[C@@H]2CC[C@H](C(=O)O)O2)n1. The molecule has 1 aliphatic rings. The predicted octanol–water partition coefficient (Wildman–Crippen LogP) is 0.364. The number of aromatic nitrogens is 2. The van der Waals surface area contributed by atoms with E-state index in [9.17, 15) is 9.59 Å². The minimum Gasteiger partial charge on any atom is -0.481 e. The van der Waals surface area contributed by atoms with Crippen LogP contribution in [0.1, 0.15) is 18.5 Å². The van der Waals surface area contributed by atoms with E-state index in [0.29, 0.717) is 24.4 Å². The summed E-state index contributed by atoms with van der Waals surface area (Å²) in [5.74, 6) is -1.08. The second kappa shape index (κ2) is 5.83. The van der Waals surface area contributed by atoms with Crippen molar-refractivity contribution in [2.75, 3.05) is 12.4 Å². The molecule has 20 heavy (non-hydrogen) atoms. The fourth-order valence-electron chi connectivity index (χ4n) is 1.90. The van der Waals surface area contributed by atoms with Gasteiger partial charge in [-0.2, -0.15) is 4.98 Å². The Morgan fingerprint density at radius 1 is 1.40 bits per heavy atom. The Labute approximate surface area is 115 Å². The van der Waals surface area contributed by atoms with Crippen LogP contribution in [0, 0.1) is 6.92 Å². The van der Waals surface area contributed by atoms with Crippen molar-refractivity contribution in [1.29, 1.82) is 0 Å². The van der Waals surface area contributed by atoms with Crippen LogP contribution in [0.15, 0.2) is 6.07 Å². The largest absolute Gasteiger partial charge is 0.481 e. The molecule has 1 aromatic heterocycles. The Balaban J connectivity index is 2.02. The number of ether oxygens (including phenoxy) is 2. The van der Waals surface area contributed by atoms with E-state index in [1.165, 1.54) is 7.11 Å². The molecule has 0 unspecified atom stereocenters. The topological polar surface area (TPSA) is 111 Å². The highest BCUT2D eigenvalue weighted by molar-refractivity contribution is 5.93. The van der Waals surface area contributed by atoms with Crippen molar-refractivity contribution in [1.82, 2.24) is 9.97 Å². The van der Waals surface area contributed by atoms with E-state index in [1.54, 1.807) is 13.0 Å². The first-order chi connectivity index (χ1) is 9.49. The van der Waals surface area contributed by atoms with Crippen LogP contribution in [0.5, 0.6) is 5.88 Å². The highest BCUT2D eigenvalue weighted by Crippen LogP contribution is 2.21. The summed E-state index contributed by atoms with van der Waals surface area (Å²) in [4.78, 5) is 30.7. The quantitative estimate of drug-likeness (QED) is 0.819. The number of carboxylic acid groups (broad SMARTS) is 1. The Morgan fingerprint density at radius 3 is 2.70 bits per heavy atom. The molecule has 1 saturated heterocycles. The standard InChI is InChI=1S/C12H15N3O5/c1-6-5-9(19-2)14-12(13-6)15-10(16)7-3-4-8(20-7)11(17)18/h5,7-8H,3-4H2,1-2H3,(H,17,18)(H,13,14,15,16)/t7-,8+/m0/s1. The number of aryl methyl sites for hydroxylation is 1. The van der Waals surface area contributed by atoms with Crippen molar-refractivity contribution in [3.8, 4) is 5.88 Å². The Hall–Kier alpha value is -2.22. The Bertz CT molecular complexity index is 534. The summed E-state index contributed by atoms with van der Waals surface area (Å²) in [6.07, 6.45) is -1.07. The summed E-state index contributed by atoms with van der Waals surface area (Å²) >= 11 is 0. The first-order valence-electron chi connectivity index (χ1n) is 6.08. The van der Waals surface area contributed by atoms with Gasteiger partial charge in [-0.25, -0.2) is 9.78 Å². The van der Waals surface area contributed by atoms with Gasteiger partial charge >= 0.3 is 5.97 Å². The lowest BCUT2D eigenvalue weighted by Crippen LogP contribution is -2.30. The van der Waals surface area contributed by atoms with Crippen LogP contribution in [-0.2, 0) is 14.3 Å². The number of aliphatic carboxylic acids is 1. The highest BCUT2D eigenvalue weighted by atomic mass is 16.5. The maximum absolute atomic E-state index is 11.9. The predicted molar refractivity (Wildman–Crippen MR) is 67.5 cm³/mol. The average molecular weight is 281 g/mol. The van der Waals surface area contributed by atoms with E-state index >= 15 is 0 Å². The monoisotopic (exact) mass is 281 g/mol. The van der Waals surface area contributed by atoms with E-state index in [-0.39, 0.29) is 5.95 Å². The third kappa shape index (κ3) is 3.21. The second-order valence-electron chi connectivity index (χ2n) is 4.39. The number of carboxylic acids is 1. The molecule has 0 aliphatic carbocycles. The zero-order valence-electron chi connectivity index (χ0n) is 11.1. The fourth-order valence-corrected chi connectivity index (χ4v) is 1.90. The molecule has 0 aromatic carbocycles. The number of anilines is 1. The molecule has 1 fully saturated rings. The van der Waals surface area contributed by atoms with Gasteiger partial charge in [-0.15, -0.1) is 0 Å². The fraction of sp³-hybridized carbons (Fsp3) is 0.500. The van der Waals surface area contributed by atoms with Crippen LogP contribution in [0.25, 0.3) is 0 Å². The molecule has 1 aliphatic heterocycles. The van der Waals surface area contributed by atoms with Gasteiger partial charge in [0, 0.05) is 11.8 Å². The van der Waals surface area contributed by atoms with Crippen LogP contribution in [0.2, 0.25) is 0 Å². The second-order valence-corrected chi connectivity index (χ2v) is 4.39. The summed E-state index contributed by atoms with van der Waals surface area (Å²) in [5.41, 5.74) is 0.642. The molecule has 0 bridgehead atoms. The molecule has 0 spiro atoms. The molecular weight excluding hydrogens is 266 g/mol. The molecule has 2 N–H and O–H groups in total. The summed E-state index contributed by atoms with van der Waals surface area (Å²) < 4.78 is 10.1. The lowest BCUT2D eigenvalue weighted by atomic mass is 10.2. The molecule has 8 heteroatoms. The van der Waals surface area contributed by atoms with Crippen molar-refractivity contribution in [2.24, 2.45) is 0 Å². The first kappa shape index (κ1) is 14.2. The number of nitrogens with zero attached hydrogens (tertiary/aromatic N) is 2. The molecule has 0 radical (unpaired) electrons. The van der Waals surface area contributed by atoms with E-state index < -0.39 is 24.1 Å². The number of rotatable bonds is 4. The summed E-state index contributed by atoms with van der Waals surface area (Å²) in [7, 11) is 1.46. The van der Waals surface area contributed by atoms with Crippen LogP contribution in [0.3, 0.4) is 0 Å². The molecule has 2 rings (SSSR count). The number of methoxy groups -OCH3 is 1. The van der Waals surface area contributed by atoms with Gasteiger partial charge in [0.15, 0.2) is 6.10 Å². The minimum atomic E-state index is -1.06. The zero-order chi connectivity index (χ0) is 14.7. The molecule has 2 heterocycles. The zero-order valence-corrected chi connectivity index (χ0v) is 11.1. The first-order valence-corrected chi connectivity index (χ1v) is 6.08. The third-order valence-corrected chi connectivity index (χ3v) is 2.86. The summed E-state index contributed by atoms with van der Waals surface area (Å²) in [5, 5.41) is 11.3. The molecule has 1 amide bonds. The van der Waals surface area contributed by atoms with Gasteiger partial charge in [0.25, 0.3) is 5.91 Å². The molecule has 108 valence electrons. The summed E-state index contributed by atoms with van der Waals surface area (Å²) in [6.45, 7) is 1.74. The van der Waals surface area contributed by atoms with Crippen molar-refractivity contribution < 1.29 is 24.2 Å². The Kier molecular flexibility index (Phi) is 4.14. The van der Waals surface area contributed by atoms with E-state index in [0.717, 1.165) is 0 Å². The number of carbonyl (C=O) groups is 2. The smallest absolute Gasteiger partial charge is 0.332 e. The van der Waals surface area contributed by atoms with Gasteiger partial charge in [-0.3, -0.25) is 10.1 Å². The van der Waals surface area contributed by atoms with Crippen molar-refractivity contribution in [3.05, 3.63) is 11.8 Å². The summed E-state index contributed by atoms with van der Waals surface area (Å²) in [6, 6.07) is 1.63. The van der Waals surface area contributed by atoms with Gasteiger partial charge in [0.1, 0.15) is 6.10 Å². The van der Waals surface area contributed by atoms with Gasteiger partial charge in [0.05, 0.1) is 7.11 Å². The van der Waals surface area contributed by atoms with E-state index in [4.69, 9.17) is 14.6 Å². The third-order valence-electron chi connectivity index (χ3n) is 2.86. The number of nitrogens with one attached hydrogen (secondary N) is 1. The van der Waals surface area contributed by atoms with Gasteiger partial charge in [-0.1, -0.05) is 0 Å². The molecule has 2 atom stereocenters. The van der Waals surface area contributed by atoms with Crippen molar-refractivity contribution >= 4 is 17.8 Å². The maximum atomic E-state index is 11.9.